The van der Waals surface area contributed by atoms with Crippen LogP contribution in [-0.4, -0.2) is 45.3 Å². The second-order valence-electron chi connectivity index (χ2n) is 9.17. The summed E-state index contributed by atoms with van der Waals surface area (Å²) in [5.41, 5.74) is 0.458. The van der Waals surface area contributed by atoms with Crippen LogP contribution in [0.25, 0.3) is 10.3 Å². The second kappa shape index (κ2) is 9.90. The predicted molar refractivity (Wildman–Crippen MR) is 128 cm³/mol. The average Bonchev–Trinajstić information content (AvgIpc) is 3.18. The number of hydrogen-bond acceptors (Lipinski definition) is 7. The summed E-state index contributed by atoms with van der Waals surface area (Å²) in [6, 6.07) is 0.257. The van der Waals surface area contributed by atoms with Crippen LogP contribution in [0.15, 0.2) is 9.95 Å². The highest BCUT2D eigenvalue weighted by Gasteiger charge is 2.23. The largest absolute Gasteiger partial charge is 0.353 e. The Kier molecular flexibility index (Phi) is 7.21. The first-order chi connectivity index (χ1) is 14.9. The van der Waals surface area contributed by atoms with E-state index < -0.39 is 0 Å². The maximum Gasteiger partial charge on any atom is 0.274 e. The molecule has 1 amide bonds. The zero-order valence-corrected chi connectivity index (χ0v) is 20.4. The number of thioether (sulfide) groups is 1. The first kappa shape index (κ1) is 22.6. The van der Waals surface area contributed by atoms with Crippen LogP contribution >= 0.6 is 23.1 Å². The first-order valence-electron chi connectivity index (χ1n) is 11.5. The number of hydrogen-bond donors (Lipinski definition) is 1. The fourth-order valence-electron chi connectivity index (χ4n) is 4.40. The monoisotopic (exact) mass is 463 g/mol. The highest BCUT2D eigenvalue weighted by molar-refractivity contribution is 7.99. The average molecular weight is 464 g/mol. The summed E-state index contributed by atoms with van der Waals surface area (Å²) >= 11 is 2.79. The van der Waals surface area contributed by atoms with Crippen molar-refractivity contribution in [2.24, 2.45) is 5.92 Å². The van der Waals surface area contributed by atoms with Crippen molar-refractivity contribution in [3.8, 4) is 0 Å². The minimum absolute atomic E-state index is 0.0166. The predicted octanol–water partition coefficient (Wildman–Crippen LogP) is 4.21. The Morgan fingerprint density at radius 3 is 2.55 bits per heavy atom. The summed E-state index contributed by atoms with van der Waals surface area (Å²) in [4.78, 5) is 37.5. The Bertz CT molecular complexity index is 972. The molecule has 0 bridgehead atoms. The fraction of sp³-hybridized carbons (Fsp3) is 0.727. The van der Waals surface area contributed by atoms with Crippen LogP contribution in [0.2, 0.25) is 0 Å². The zero-order chi connectivity index (χ0) is 22.0. The van der Waals surface area contributed by atoms with Gasteiger partial charge >= 0.3 is 0 Å². The summed E-state index contributed by atoms with van der Waals surface area (Å²) in [5.74, 6) is 1.02. The second-order valence-corrected chi connectivity index (χ2v) is 11.1. The van der Waals surface area contributed by atoms with Crippen LogP contribution in [0.4, 0.5) is 5.13 Å². The Balaban J connectivity index is 1.53. The van der Waals surface area contributed by atoms with E-state index in [2.05, 4.69) is 17.1 Å². The third-order valence-corrected chi connectivity index (χ3v) is 8.34. The van der Waals surface area contributed by atoms with Gasteiger partial charge in [0.2, 0.25) is 5.91 Å². The number of nitrogens with one attached hydrogen (secondary N) is 1. The summed E-state index contributed by atoms with van der Waals surface area (Å²) < 4.78 is 2.32. The molecule has 1 saturated carbocycles. The maximum atomic E-state index is 13.3. The molecule has 0 spiro atoms. The number of rotatable bonds is 6. The number of amides is 1. The molecule has 2 fully saturated rings. The van der Waals surface area contributed by atoms with E-state index in [-0.39, 0.29) is 29.3 Å². The molecule has 1 aliphatic carbocycles. The molecule has 31 heavy (non-hydrogen) atoms. The molecule has 0 unspecified atom stereocenters. The summed E-state index contributed by atoms with van der Waals surface area (Å²) in [5, 5.41) is 4.61. The van der Waals surface area contributed by atoms with E-state index in [1.165, 1.54) is 42.4 Å². The van der Waals surface area contributed by atoms with Crippen molar-refractivity contribution in [2.75, 3.05) is 23.7 Å². The fourth-order valence-corrected chi connectivity index (χ4v) is 6.32. The van der Waals surface area contributed by atoms with Gasteiger partial charge in [-0.2, -0.15) is 4.98 Å². The highest BCUT2D eigenvalue weighted by Crippen LogP contribution is 2.31. The van der Waals surface area contributed by atoms with Gasteiger partial charge in [0.15, 0.2) is 15.9 Å². The summed E-state index contributed by atoms with van der Waals surface area (Å²) in [6.07, 6.45) is 8.06. The van der Waals surface area contributed by atoms with E-state index in [9.17, 15) is 9.59 Å². The molecule has 1 N–H and O–H groups in total. The minimum atomic E-state index is -0.0516. The molecule has 4 rings (SSSR count). The van der Waals surface area contributed by atoms with Crippen molar-refractivity contribution in [2.45, 2.75) is 83.0 Å². The first-order valence-corrected chi connectivity index (χ1v) is 13.3. The molecule has 2 aliphatic rings. The molecular weight excluding hydrogens is 430 g/mol. The topological polar surface area (TPSA) is 80.1 Å². The normalized spacial score (nSPS) is 18.8. The lowest BCUT2D eigenvalue weighted by atomic mass is 9.95. The van der Waals surface area contributed by atoms with E-state index in [0.717, 1.165) is 49.8 Å². The molecule has 1 aliphatic heterocycles. The Labute approximate surface area is 192 Å². The molecule has 3 heterocycles. The van der Waals surface area contributed by atoms with Crippen LogP contribution in [-0.2, 0) is 4.79 Å². The molecule has 170 valence electrons. The Morgan fingerprint density at radius 1 is 1.16 bits per heavy atom. The van der Waals surface area contributed by atoms with E-state index >= 15 is 0 Å². The van der Waals surface area contributed by atoms with Gasteiger partial charge in [-0.05, 0) is 45.4 Å². The number of thiazole rings is 1. The van der Waals surface area contributed by atoms with Gasteiger partial charge in [0.25, 0.3) is 5.56 Å². The van der Waals surface area contributed by atoms with Crippen molar-refractivity contribution in [1.82, 2.24) is 19.9 Å². The number of piperidine rings is 1. The van der Waals surface area contributed by atoms with E-state index in [4.69, 9.17) is 9.97 Å². The van der Waals surface area contributed by atoms with Gasteiger partial charge in [-0.1, -0.05) is 49.3 Å². The van der Waals surface area contributed by atoms with Gasteiger partial charge in [-0.15, -0.1) is 0 Å². The number of aromatic nitrogens is 3. The van der Waals surface area contributed by atoms with E-state index in [1.54, 1.807) is 4.57 Å². The SMILES string of the molecule is CC1CCN(c2nc3nc(SCC(=O)NC4CCCCC4)n(C(C)C)c(=O)c3s2)CC1. The molecule has 2 aromatic heterocycles. The van der Waals surface area contributed by atoms with Crippen LogP contribution < -0.4 is 15.8 Å². The highest BCUT2D eigenvalue weighted by atomic mass is 32.2. The molecule has 0 radical (unpaired) electrons. The molecule has 1 saturated heterocycles. The molecule has 0 aromatic carbocycles. The van der Waals surface area contributed by atoms with Crippen LogP contribution in [0.3, 0.4) is 0 Å². The van der Waals surface area contributed by atoms with Gasteiger partial charge < -0.3 is 10.2 Å². The van der Waals surface area contributed by atoms with E-state index in [0.29, 0.717) is 15.5 Å². The molecule has 9 heteroatoms. The summed E-state index contributed by atoms with van der Waals surface area (Å²) in [6.45, 7) is 8.20. The van der Waals surface area contributed by atoms with Gasteiger partial charge in [0.1, 0.15) is 4.70 Å². The minimum Gasteiger partial charge on any atom is -0.353 e. The maximum absolute atomic E-state index is 13.3. The van der Waals surface area contributed by atoms with Crippen molar-refractivity contribution < 1.29 is 4.79 Å². The number of carbonyl (C=O) groups excluding carboxylic acids is 1. The lowest BCUT2D eigenvalue weighted by Crippen LogP contribution is -2.37. The lowest BCUT2D eigenvalue weighted by Gasteiger charge is -2.29. The smallest absolute Gasteiger partial charge is 0.274 e. The van der Waals surface area contributed by atoms with Crippen LogP contribution in [0, 0.1) is 5.92 Å². The van der Waals surface area contributed by atoms with Gasteiger partial charge in [0.05, 0.1) is 5.75 Å². The third kappa shape index (κ3) is 5.25. The van der Waals surface area contributed by atoms with Crippen molar-refractivity contribution in [1.29, 1.82) is 0 Å². The van der Waals surface area contributed by atoms with Crippen LogP contribution in [0.1, 0.15) is 71.8 Å². The zero-order valence-electron chi connectivity index (χ0n) is 18.7. The third-order valence-electron chi connectivity index (χ3n) is 6.29. The Hall–Kier alpha value is -1.61. The lowest BCUT2D eigenvalue weighted by molar-refractivity contribution is -0.119. The standard InChI is InChI=1S/C22H33N5O2S2/c1-14(2)27-20(29)18-19(24-21(31-18)26-11-9-15(3)10-12-26)25-22(27)30-13-17(28)23-16-7-5-4-6-8-16/h14-16H,4-13H2,1-3H3,(H,23,28). The number of anilines is 1. The quantitative estimate of drug-likeness (QED) is 0.511. The number of nitrogens with zero attached hydrogens (tertiary/aromatic N) is 4. The molecule has 0 atom stereocenters. The number of carbonyl (C=O) groups is 1. The van der Waals surface area contributed by atoms with E-state index in [1.807, 2.05) is 13.8 Å². The van der Waals surface area contributed by atoms with Gasteiger partial charge in [-0.25, -0.2) is 4.98 Å². The van der Waals surface area contributed by atoms with Crippen LogP contribution in [0.5, 0.6) is 0 Å². The molecule has 2 aromatic rings. The van der Waals surface area contributed by atoms with Crippen molar-refractivity contribution in [3.63, 3.8) is 0 Å². The number of fused-ring (bicyclic) bond motifs is 1. The molecule has 7 nitrogen and oxygen atoms in total. The van der Waals surface area contributed by atoms with Gasteiger partial charge in [0, 0.05) is 25.2 Å². The van der Waals surface area contributed by atoms with Crippen molar-refractivity contribution >= 4 is 44.5 Å². The van der Waals surface area contributed by atoms with Gasteiger partial charge in [-0.3, -0.25) is 14.2 Å². The molecular formula is C22H33N5O2S2. The summed E-state index contributed by atoms with van der Waals surface area (Å²) in [7, 11) is 0. The Morgan fingerprint density at radius 2 is 1.87 bits per heavy atom. The van der Waals surface area contributed by atoms with Crippen molar-refractivity contribution in [3.05, 3.63) is 10.4 Å².